The Bertz CT molecular complexity index is 788. The summed E-state index contributed by atoms with van der Waals surface area (Å²) in [7, 11) is 0. The Labute approximate surface area is 293 Å². The molecule has 0 aliphatic heterocycles. The summed E-state index contributed by atoms with van der Waals surface area (Å²) in [5, 5.41) is 0. The average molecular weight is 684 g/mol. The van der Waals surface area contributed by atoms with Crippen molar-refractivity contribution in [3.05, 3.63) is 0 Å². The van der Waals surface area contributed by atoms with Crippen LogP contribution >= 0.6 is 0 Å². The molecule has 0 saturated carbocycles. The molecule has 1 atom stereocenters. The number of Topliss-reactive ketones (excluding diaryl/α,β-unsaturated/α-hetero) is 4. The van der Waals surface area contributed by atoms with Crippen LogP contribution in [0.2, 0.25) is 0 Å². The summed E-state index contributed by atoms with van der Waals surface area (Å²) in [6.07, 6.45) is 22.1. The monoisotopic (exact) mass is 684 g/mol. The zero-order chi connectivity index (χ0) is 35.5. The Morgan fingerprint density at radius 3 is 1.42 bits per heavy atom. The molecule has 0 heterocycles. The summed E-state index contributed by atoms with van der Waals surface area (Å²) < 4.78 is 21.6. The highest BCUT2D eigenvalue weighted by molar-refractivity contribution is 5.88. The lowest BCUT2D eigenvalue weighted by atomic mass is 9.93. The van der Waals surface area contributed by atoms with Crippen molar-refractivity contribution < 1.29 is 38.1 Å². The van der Waals surface area contributed by atoms with E-state index in [9.17, 15) is 19.2 Å². The summed E-state index contributed by atoms with van der Waals surface area (Å²) in [4.78, 5) is 48.4. The third-order valence-corrected chi connectivity index (χ3v) is 8.62. The zero-order valence-electron chi connectivity index (χ0n) is 31.2. The van der Waals surface area contributed by atoms with Crippen molar-refractivity contribution in [1.82, 2.24) is 0 Å². The molecule has 0 fully saturated rings. The fourth-order valence-corrected chi connectivity index (χ4v) is 5.36. The highest BCUT2D eigenvalue weighted by Crippen LogP contribution is 2.15. The summed E-state index contributed by atoms with van der Waals surface area (Å²) >= 11 is 0. The van der Waals surface area contributed by atoms with E-state index in [1.807, 2.05) is 13.8 Å². The molecular weight excluding hydrogens is 610 g/mol. The van der Waals surface area contributed by atoms with Crippen LogP contribution in [0.25, 0.3) is 0 Å². The minimum absolute atomic E-state index is 0.00457. The molecule has 0 bridgehead atoms. The van der Waals surface area contributed by atoms with E-state index >= 15 is 0 Å². The predicted molar refractivity (Wildman–Crippen MR) is 193 cm³/mol. The molecule has 0 aromatic heterocycles. The molecule has 0 aliphatic rings. The highest BCUT2D eigenvalue weighted by Gasteiger charge is 2.19. The third-order valence-electron chi connectivity index (χ3n) is 8.62. The normalized spacial score (nSPS) is 12.1. The van der Waals surface area contributed by atoms with Gasteiger partial charge in [-0.25, -0.2) is 0 Å². The van der Waals surface area contributed by atoms with Crippen molar-refractivity contribution in [2.24, 2.45) is 17.6 Å². The van der Waals surface area contributed by atoms with Gasteiger partial charge < -0.3 is 24.7 Å². The topological polar surface area (TPSA) is 131 Å². The van der Waals surface area contributed by atoms with Gasteiger partial charge in [0.15, 0.2) is 11.6 Å². The van der Waals surface area contributed by atoms with Gasteiger partial charge in [-0.3, -0.25) is 19.2 Å². The molecule has 0 spiro atoms. The molecule has 0 rings (SSSR count). The lowest BCUT2D eigenvalue weighted by Gasteiger charge is -2.13. The molecule has 0 radical (unpaired) electrons. The number of ether oxygens (including phenoxy) is 4. The first kappa shape index (κ1) is 46.5. The highest BCUT2D eigenvalue weighted by atomic mass is 16.5. The number of rotatable bonds is 39. The lowest BCUT2D eigenvalue weighted by molar-refractivity contribution is -0.128. The Morgan fingerprint density at radius 1 is 0.479 bits per heavy atom. The summed E-state index contributed by atoms with van der Waals surface area (Å²) in [5.41, 5.74) is 5.83. The summed E-state index contributed by atoms with van der Waals surface area (Å²) in [5.74, 6) is -0.178. The largest absolute Gasteiger partial charge is 0.379 e. The van der Waals surface area contributed by atoms with Crippen molar-refractivity contribution in [3.8, 4) is 0 Å². The second-order valence-corrected chi connectivity index (χ2v) is 13.5. The molecule has 0 aromatic carbocycles. The van der Waals surface area contributed by atoms with E-state index < -0.39 is 5.92 Å². The van der Waals surface area contributed by atoms with Crippen LogP contribution in [0.5, 0.6) is 0 Å². The molecule has 0 saturated heterocycles. The lowest BCUT2D eigenvalue weighted by Crippen LogP contribution is -2.26. The molecule has 9 heteroatoms. The van der Waals surface area contributed by atoms with Gasteiger partial charge in [-0.15, -0.1) is 0 Å². The first-order valence-electron chi connectivity index (χ1n) is 19.4. The Hall–Kier alpha value is -1.52. The number of carbonyl (C=O) groups excluding carboxylic acids is 4. The van der Waals surface area contributed by atoms with Crippen LogP contribution in [0, 0.1) is 11.8 Å². The Kier molecular flexibility index (Phi) is 34.2. The Morgan fingerprint density at radius 2 is 0.917 bits per heavy atom. The van der Waals surface area contributed by atoms with Gasteiger partial charge >= 0.3 is 0 Å². The van der Waals surface area contributed by atoms with Crippen LogP contribution < -0.4 is 5.73 Å². The predicted octanol–water partition coefficient (Wildman–Crippen LogP) is 7.77. The van der Waals surface area contributed by atoms with Gasteiger partial charge in [-0.1, -0.05) is 111 Å². The molecule has 0 unspecified atom stereocenters. The number of carbonyl (C=O) groups is 4. The number of hydrogen-bond donors (Lipinski definition) is 1. The molecule has 282 valence electrons. The van der Waals surface area contributed by atoms with Crippen LogP contribution in [0.4, 0.5) is 0 Å². The molecule has 2 N–H and O–H groups in total. The smallest absolute Gasteiger partial charge is 0.160 e. The number of unbranched alkanes of at least 4 members (excludes halogenated alkanes) is 14. The summed E-state index contributed by atoms with van der Waals surface area (Å²) in [6, 6.07) is 0. The standard InChI is InChI=1S/C39H73NO8/c1-4-5-6-7-8-9-10-11-12-13-14-15-16-17-18-21-36(41)30-35(31-40)38(43)23-20-25-46-26-28-47-32-37(42)22-19-24-45-27-29-48-33-39(44)34(2)3/h34-35H,4-33,40H2,1-3H3/t35-/m0/s1. The van der Waals surface area contributed by atoms with E-state index in [4.69, 9.17) is 24.7 Å². The van der Waals surface area contributed by atoms with E-state index in [1.54, 1.807) is 0 Å². The summed E-state index contributed by atoms with van der Waals surface area (Å²) in [6.45, 7) is 8.57. The van der Waals surface area contributed by atoms with Crippen LogP contribution in [0.3, 0.4) is 0 Å². The minimum Gasteiger partial charge on any atom is -0.379 e. The quantitative estimate of drug-likeness (QED) is 0.0646. The van der Waals surface area contributed by atoms with E-state index in [2.05, 4.69) is 6.92 Å². The molecule has 0 amide bonds. The minimum atomic E-state index is -0.401. The molecular formula is C39H73NO8. The van der Waals surface area contributed by atoms with Gasteiger partial charge in [0.25, 0.3) is 0 Å². The van der Waals surface area contributed by atoms with E-state index in [-0.39, 0.29) is 55.2 Å². The van der Waals surface area contributed by atoms with Gasteiger partial charge in [0.2, 0.25) is 0 Å². The van der Waals surface area contributed by atoms with Crippen LogP contribution in [0.15, 0.2) is 0 Å². The maximum Gasteiger partial charge on any atom is 0.160 e. The first-order chi connectivity index (χ1) is 23.3. The number of ketones is 4. The fraction of sp³-hybridized carbons (Fsp3) is 0.897. The van der Waals surface area contributed by atoms with Gasteiger partial charge in [0.1, 0.15) is 24.8 Å². The molecule has 0 aliphatic carbocycles. The first-order valence-corrected chi connectivity index (χ1v) is 19.4. The van der Waals surface area contributed by atoms with Gasteiger partial charge in [-0.2, -0.15) is 0 Å². The van der Waals surface area contributed by atoms with Crippen molar-refractivity contribution in [2.75, 3.05) is 59.4 Å². The average Bonchev–Trinajstić information content (AvgIpc) is 3.07. The van der Waals surface area contributed by atoms with Gasteiger partial charge in [-0.05, 0) is 19.3 Å². The van der Waals surface area contributed by atoms with Crippen LogP contribution in [-0.4, -0.2) is 82.5 Å². The molecule has 9 nitrogen and oxygen atoms in total. The molecule has 48 heavy (non-hydrogen) atoms. The number of hydrogen-bond acceptors (Lipinski definition) is 9. The zero-order valence-corrected chi connectivity index (χ0v) is 31.2. The molecule has 0 aromatic rings. The van der Waals surface area contributed by atoms with Crippen molar-refractivity contribution in [1.29, 1.82) is 0 Å². The van der Waals surface area contributed by atoms with Crippen molar-refractivity contribution >= 4 is 23.1 Å². The fourth-order valence-electron chi connectivity index (χ4n) is 5.36. The van der Waals surface area contributed by atoms with Gasteiger partial charge in [0.05, 0.1) is 26.4 Å². The van der Waals surface area contributed by atoms with Crippen LogP contribution in [-0.2, 0) is 38.1 Å². The maximum atomic E-state index is 12.6. The van der Waals surface area contributed by atoms with E-state index in [0.29, 0.717) is 71.7 Å². The van der Waals surface area contributed by atoms with Gasteiger partial charge in [0, 0.05) is 57.3 Å². The second kappa shape index (κ2) is 35.3. The van der Waals surface area contributed by atoms with Crippen molar-refractivity contribution in [3.63, 3.8) is 0 Å². The van der Waals surface area contributed by atoms with E-state index in [0.717, 1.165) is 12.8 Å². The third kappa shape index (κ3) is 31.7. The van der Waals surface area contributed by atoms with E-state index in [1.165, 1.54) is 83.5 Å². The van der Waals surface area contributed by atoms with Crippen LogP contribution in [0.1, 0.15) is 156 Å². The SMILES string of the molecule is CCCCCCCCCCCCCCCCCC(=O)C[C@@H](CN)C(=O)CCCOCCOCC(=O)CCCOCCOCC(=O)C(C)C. The maximum absolute atomic E-state index is 12.6. The second-order valence-electron chi connectivity index (χ2n) is 13.5. The number of nitrogens with two attached hydrogens (primary N) is 1. The Balaban J connectivity index is 3.60. The van der Waals surface area contributed by atoms with Crippen molar-refractivity contribution in [2.45, 2.75) is 156 Å².